The summed E-state index contributed by atoms with van der Waals surface area (Å²) in [6.45, 7) is 5.33. The Morgan fingerprint density at radius 3 is 2.90 bits per heavy atom. The van der Waals surface area contributed by atoms with Crippen molar-refractivity contribution in [2.75, 3.05) is 43.2 Å². The first kappa shape index (κ1) is 20.7. The van der Waals surface area contributed by atoms with E-state index in [0.29, 0.717) is 38.1 Å². The largest absolute Gasteiger partial charge is 0.463 e. The van der Waals surface area contributed by atoms with E-state index in [1.807, 2.05) is 24.3 Å². The van der Waals surface area contributed by atoms with Gasteiger partial charge in [-0.1, -0.05) is 29.8 Å². The van der Waals surface area contributed by atoms with Gasteiger partial charge in [-0.05, 0) is 18.6 Å². The molecule has 0 amide bonds. The Kier molecular flexibility index (Phi) is 6.96. The second-order valence-corrected chi connectivity index (χ2v) is 7.08. The minimum Gasteiger partial charge on any atom is -0.463 e. The summed E-state index contributed by atoms with van der Waals surface area (Å²) in [4.78, 5) is 19.3. The maximum atomic E-state index is 5.83. The zero-order valence-corrected chi connectivity index (χ0v) is 17.4. The van der Waals surface area contributed by atoms with Gasteiger partial charge in [-0.3, -0.25) is 5.43 Å². The van der Waals surface area contributed by atoms with Crippen LogP contribution in [0.5, 0.6) is 6.01 Å². The second kappa shape index (κ2) is 10.4. The number of nitrogens with one attached hydrogen (secondary N) is 1. The predicted octanol–water partition coefficient (Wildman–Crippen LogP) is 2.48. The molecule has 3 heterocycles. The summed E-state index contributed by atoms with van der Waals surface area (Å²) >= 11 is 0. The molecule has 0 unspecified atom stereocenters. The number of hydrogen-bond donors (Lipinski definition) is 1. The summed E-state index contributed by atoms with van der Waals surface area (Å²) in [5, 5.41) is 4.33. The quantitative estimate of drug-likeness (QED) is 0.439. The van der Waals surface area contributed by atoms with Gasteiger partial charge in [0.1, 0.15) is 12.1 Å². The van der Waals surface area contributed by atoms with E-state index < -0.39 is 0 Å². The summed E-state index contributed by atoms with van der Waals surface area (Å²) in [5.41, 5.74) is 6.09. The molecule has 1 aliphatic heterocycles. The van der Waals surface area contributed by atoms with Crippen LogP contribution < -0.4 is 15.1 Å². The van der Waals surface area contributed by atoms with Crippen LogP contribution in [0, 0.1) is 6.92 Å². The highest BCUT2D eigenvalue weighted by molar-refractivity contribution is 5.80. The Balaban J connectivity index is 1.46. The van der Waals surface area contributed by atoms with Gasteiger partial charge in [-0.15, -0.1) is 0 Å². The van der Waals surface area contributed by atoms with E-state index in [4.69, 9.17) is 9.47 Å². The van der Waals surface area contributed by atoms with Crippen LogP contribution >= 0.6 is 0 Å². The molecule has 0 bridgehead atoms. The summed E-state index contributed by atoms with van der Waals surface area (Å²) in [5.74, 6) is 1.35. The number of nitrogens with zero attached hydrogens (tertiary/aromatic N) is 6. The number of aryl methyl sites for hydroxylation is 1. The molecule has 31 heavy (non-hydrogen) atoms. The Morgan fingerprint density at radius 1 is 1.19 bits per heavy atom. The minimum absolute atomic E-state index is 0.298. The first-order valence-electron chi connectivity index (χ1n) is 10.2. The highest BCUT2D eigenvalue weighted by atomic mass is 16.5. The third-order valence-corrected chi connectivity index (χ3v) is 4.69. The highest BCUT2D eigenvalue weighted by Crippen LogP contribution is 2.20. The average Bonchev–Trinajstić information content (AvgIpc) is 2.80. The van der Waals surface area contributed by atoms with Crippen LogP contribution in [0.2, 0.25) is 0 Å². The summed E-state index contributed by atoms with van der Waals surface area (Å²) in [6, 6.07) is 12.1. The molecule has 0 aliphatic carbocycles. The number of benzene rings is 1. The molecular formula is C22H25N7O2. The van der Waals surface area contributed by atoms with Crippen molar-refractivity contribution in [1.29, 1.82) is 0 Å². The first-order chi connectivity index (χ1) is 15.3. The monoisotopic (exact) mass is 419 g/mol. The lowest BCUT2D eigenvalue weighted by Gasteiger charge is -2.28. The number of hydrogen-bond acceptors (Lipinski definition) is 9. The van der Waals surface area contributed by atoms with Crippen LogP contribution in [-0.4, -0.2) is 59.1 Å². The van der Waals surface area contributed by atoms with E-state index >= 15 is 0 Å². The van der Waals surface area contributed by atoms with Crippen LogP contribution in [0.1, 0.15) is 16.8 Å². The third kappa shape index (κ3) is 6.19. The SMILES string of the molecule is Cc1cccc(C=NNc2cc(N3CCOCC3)nc(OCCc3ccncn3)n2)c1. The van der Waals surface area contributed by atoms with Crippen molar-refractivity contribution >= 4 is 17.9 Å². The fraction of sp³-hybridized carbons (Fsp3) is 0.318. The van der Waals surface area contributed by atoms with Gasteiger partial charge in [0.15, 0.2) is 5.82 Å². The van der Waals surface area contributed by atoms with E-state index in [1.165, 1.54) is 11.9 Å². The second-order valence-electron chi connectivity index (χ2n) is 7.08. The van der Waals surface area contributed by atoms with Gasteiger partial charge in [0.25, 0.3) is 0 Å². The van der Waals surface area contributed by atoms with Gasteiger partial charge in [-0.2, -0.15) is 15.1 Å². The lowest BCUT2D eigenvalue weighted by atomic mass is 10.2. The van der Waals surface area contributed by atoms with E-state index in [0.717, 1.165) is 30.2 Å². The molecule has 2 aromatic heterocycles. The molecule has 0 saturated carbocycles. The maximum Gasteiger partial charge on any atom is 0.320 e. The number of anilines is 2. The molecular weight excluding hydrogens is 394 g/mol. The standard InChI is InChI=1S/C22H25N7O2/c1-17-3-2-4-18(13-17)15-25-28-20-14-21(29-8-11-30-12-9-29)27-22(26-20)31-10-6-19-5-7-23-16-24-19/h2-5,7,13-16H,6,8-12H2,1H3,(H,26,27,28). The normalized spacial score (nSPS) is 14.0. The zero-order chi connectivity index (χ0) is 21.3. The first-order valence-corrected chi connectivity index (χ1v) is 10.2. The van der Waals surface area contributed by atoms with Gasteiger partial charge < -0.3 is 14.4 Å². The number of morpholine rings is 1. The van der Waals surface area contributed by atoms with Crippen molar-refractivity contribution in [3.05, 3.63) is 65.7 Å². The molecule has 0 atom stereocenters. The van der Waals surface area contributed by atoms with Crippen molar-refractivity contribution in [2.24, 2.45) is 5.10 Å². The Bertz CT molecular complexity index is 1010. The Hall–Kier alpha value is -3.59. The number of hydrazone groups is 1. The lowest BCUT2D eigenvalue weighted by molar-refractivity contribution is 0.122. The van der Waals surface area contributed by atoms with Gasteiger partial charge in [-0.25, -0.2) is 9.97 Å². The summed E-state index contributed by atoms with van der Waals surface area (Å²) in [7, 11) is 0. The van der Waals surface area contributed by atoms with E-state index in [-0.39, 0.29) is 0 Å². The van der Waals surface area contributed by atoms with Gasteiger partial charge in [0, 0.05) is 37.5 Å². The lowest BCUT2D eigenvalue weighted by Crippen LogP contribution is -2.36. The van der Waals surface area contributed by atoms with E-state index in [2.05, 4.69) is 54.4 Å². The number of ether oxygens (including phenoxy) is 2. The van der Waals surface area contributed by atoms with Crippen molar-refractivity contribution in [3.63, 3.8) is 0 Å². The van der Waals surface area contributed by atoms with E-state index in [9.17, 15) is 0 Å². The van der Waals surface area contributed by atoms with Crippen molar-refractivity contribution in [2.45, 2.75) is 13.3 Å². The predicted molar refractivity (Wildman–Crippen MR) is 119 cm³/mol. The minimum atomic E-state index is 0.298. The topological polar surface area (TPSA) is 97.7 Å². The summed E-state index contributed by atoms with van der Waals surface area (Å²) < 4.78 is 11.3. The molecule has 160 valence electrons. The molecule has 1 aromatic carbocycles. The van der Waals surface area contributed by atoms with Crippen molar-refractivity contribution in [1.82, 2.24) is 19.9 Å². The molecule has 3 aromatic rings. The number of rotatable bonds is 8. The fourth-order valence-electron chi connectivity index (χ4n) is 3.13. The van der Waals surface area contributed by atoms with Crippen LogP contribution in [0.15, 0.2) is 54.0 Å². The highest BCUT2D eigenvalue weighted by Gasteiger charge is 2.15. The van der Waals surface area contributed by atoms with Gasteiger partial charge in [0.05, 0.1) is 26.0 Å². The molecule has 1 saturated heterocycles. The zero-order valence-electron chi connectivity index (χ0n) is 17.4. The molecule has 9 heteroatoms. The average molecular weight is 419 g/mol. The Morgan fingerprint density at radius 2 is 2.10 bits per heavy atom. The smallest absolute Gasteiger partial charge is 0.320 e. The van der Waals surface area contributed by atoms with Crippen LogP contribution in [0.25, 0.3) is 0 Å². The molecule has 0 radical (unpaired) electrons. The third-order valence-electron chi connectivity index (χ3n) is 4.69. The van der Waals surface area contributed by atoms with E-state index in [1.54, 1.807) is 12.4 Å². The van der Waals surface area contributed by atoms with Gasteiger partial charge in [0.2, 0.25) is 0 Å². The van der Waals surface area contributed by atoms with Crippen molar-refractivity contribution in [3.8, 4) is 6.01 Å². The van der Waals surface area contributed by atoms with Crippen LogP contribution in [-0.2, 0) is 11.2 Å². The van der Waals surface area contributed by atoms with Gasteiger partial charge >= 0.3 is 6.01 Å². The fourth-order valence-corrected chi connectivity index (χ4v) is 3.13. The van der Waals surface area contributed by atoms with Crippen molar-refractivity contribution < 1.29 is 9.47 Å². The molecule has 1 N–H and O–H groups in total. The molecule has 4 rings (SSSR count). The number of aromatic nitrogens is 4. The molecule has 1 fully saturated rings. The summed E-state index contributed by atoms with van der Waals surface area (Å²) in [6.07, 6.45) is 5.65. The molecule has 1 aliphatic rings. The molecule has 9 nitrogen and oxygen atoms in total. The van der Waals surface area contributed by atoms with Crippen LogP contribution in [0.3, 0.4) is 0 Å². The molecule has 0 spiro atoms. The van der Waals surface area contributed by atoms with Crippen LogP contribution in [0.4, 0.5) is 11.6 Å². The Labute approximate surface area is 181 Å². The maximum absolute atomic E-state index is 5.83.